The van der Waals surface area contributed by atoms with Crippen LogP contribution >= 0.6 is 0 Å². The van der Waals surface area contributed by atoms with E-state index in [1.165, 1.54) is 25.7 Å². The van der Waals surface area contributed by atoms with Gasteiger partial charge in [0.15, 0.2) is 5.78 Å². The number of ether oxygens (including phenoxy) is 2. The molecule has 0 radical (unpaired) electrons. The van der Waals surface area contributed by atoms with Crippen molar-refractivity contribution in [2.45, 2.75) is 38.5 Å². The first-order chi connectivity index (χ1) is 7.34. The molecule has 3 nitrogen and oxygen atoms in total. The van der Waals surface area contributed by atoms with Crippen molar-refractivity contribution in [2.24, 2.45) is 5.92 Å². The Kier molecular flexibility index (Phi) is 6.60. The van der Waals surface area contributed by atoms with Crippen LogP contribution in [0.2, 0.25) is 0 Å². The molecule has 1 rings (SSSR count). The molecule has 0 aromatic carbocycles. The summed E-state index contributed by atoms with van der Waals surface area (Å²) >= 11 is 0. The lowest BCUT2D eigenvalue weighted by atomic mass is 9.96. The zero-order valence-corrected chi connectivity index (χ0v) is 9.67. The van der Waals surface area contributed by atoms with E-state index >= 15 is 0 Å². The Morgan fingerprint density at radius 1 is 1.13 bits per heavy atom. The van der Waals surface area contributed by atoms with Gasteiger partial charge in [0.25, 0.3) is 0 Å². The van der Waals surface area contributed by atoms with Crippen LogP contribution in [0, 0.1) is 5.92 Å². The van der Waals surface area contributed by atoms with Crippen molar-refractivity contribution in [3.8, 4) is 0 Å². The predicted octanol–water partition coefficient (Wildman–Crippen LogP) is 2.19. The van der Waals surface area contributed by atoms with Gasteiger partial charge in [0.1, 0.15) is 6.61 Å². The van der Waals surface area contributed by atoms with Crippen LogP contribution < -0.4 is 0 Å². The normalized spacial score (nSPS) is 18.7. The molecule has 1 aliphatic rings. The summed E-state index contributed by atoms with van der Waals surface area (Å²) < 4.78 is 10.1. The third kappa shape index (κ3) is 5.28. The standard InChI is InChI=1S/C12H22O3/c1-14-8-9-15-10-12(13)11-6-4-2-3-5-7-11/h11H,2-10H2,1H3. The van der Waals surface area contributed by atoms with E-state index in [-0.39, 0.29) is 18.3 Å². The van der Waals surface area contributed by atoms with Crippen molar-refractivity contribution in [2.75, 3.05) is 26.9 Å². The molecular weight excluding hydrogens is 192 g/mol. The SMILES string of the molecule is COCCOCC(=O)C1CCCCCC1. The number of ketones is 1. The van der Waals surface area contributed by atoms with Crippen molar-refractivity contribution in [1.29, 1.82) is 0 Å². The summed E-state index contributed by atoms with van der Waals surface area (Å²) in [5.74, 6) is 0.544. The molecule has 3 heteroatoms. The number of carbonyl (C=O) groups excluding carboxylic acids is 1. The van der Waals surface area contributed by atoms with Gasteiger partial charge in [-0.25, -0.2) is 0 Å². The van der Waals surface area contributed by atoms with Gasteiger partial charge in [-0.15, -0.1) is 0 Å². The van der Waals surface area contributed by atoms with Gasteiger partial charge in [-0.2, -0.15) is 0 Å². The molecule has 15 heavy (non-hydrogen) atoms. The summed E-state index contributed by atoms with van der Waals surface area (Å²) in [7, 11) is 1.64. The van der Waals surface area contributed by atoms with E-state index in [0.717, 1.165) is 12.8 Å². The molecule has 0 unspecified atom stereocenters. The highest BCUT2D eigenvalue weighted by Crippen LogP contribution is 2.23. The fourth-order valence-corrected chi connectivity index (χ4v) is 2.03. The lowest BCUT2D eigenvalue weighted by Crippen LogP contribution is -2.20. The third-order valence-corrected chi connectivity index (χ3v) is 2.99. The van der Waals surface area contributed by atoms with Crippen molar-refractivity contribution in [3.63, 3.8) is 0 Å². The topological polar surface area (TPSA) is 35.5 Å². The van der Waals surface area contributed by atoms with Crippen LogP contribution in [0.4, 0.5) is 0 Å². The molecule has 0 spiro atoms. The molecule has 0 aromatic rings. The Morgan fingerprint density at radius 3 is 2.40 bits per heavy atom. The average Bonchev–Trinajstić information content (AvgIpc) is 2.52. The van der Waals surface area contributed by atoms with Crippen molar-refractivity contribution >= 4 is 5.78 Å². The Morgan fingerprint density at radius 2 is 1.80 bits per heavy atom. The van der Waals surface area contributed by atoms with Gasteiger partial charge in [-0.3, -0.25) is 4.79 Å². The van der Waals surface area contributed by atoms with Crippen molar-refractivity contribution < 1.29 is 14.3 Å². The second-order valence-corrected chi connectivity index (χ2v) is 4.20. The first-order valence-corrected chi connectivity index (χ1v) is 5.94. The highest BCUT2D eigenvalue weighted by molar-refractivity contribution is 5.82. The molecule has 0 bridgehead atoms. The molecule has 0 amide bonds. The van der Waals surface area contributed by atoms with Gasteiger partial charge in [0.05, 0.1) is 13.2 Å². The number of methoxy groups -OCH3 is 1. The fourth-order valence-electron chi connectivity index (χ4n) is 2.03. The number of hydrogen-bond donors (Lipinski definition) is 0. The summed E-state index contributed by atoms with van der Waals surface area (Å²) in [5.41, 5.74) is 0. The zero-order chi connectivity index (χ0) is 10.9. The number of hydrogen-bond acceptors (Lipinski definition) is 3. The maximum absolute atomic E-state index is 11.7. The van der Waals surface area contributed by atoms with Crippen molar-refractivity contribution in [3.05, 3.63) is 0 Å². The van der Waals surface area contributed by atoms with Crippen LogP contribution in [0.5, 0.6) is 0 Å². The molecule has 1 aliphatic carbocycles. The van der Waals surface area contributed by atoms with E-state index in [2.05, 4.69) is 0 Å². The van der Waals surface area contributed by atoms with E-state index < -0.39 is 0 Å². The lowest BCUT2D eigenvalue weighted by Gasteiger charge is -2.12. The average molecular weight is 214 g/mol. The molecular formula is C12H22O3. The van der Waals surface area contributed by atoms with E-state index in [1.54, 1.807) is 7.11 Å². The van der Waals surface area contributed by atoms with Gasteiger partial charge >= 0.3 is 0 Å². The molecule has 0 aliphatic heterocycles. The lowest BCUT2D eigenvalue weighted by molar-refractivity contribution is -0.128. The summed E-state index contributed by atoms with van der Waals surface area (Å²) in [4.78, 5) is 11.7. The van der Waals surface area contributed by atoms with E-state index in [9.17, 15) is 4.79 Å². The molecule has 1 fully saturated rings. The highest BCUT2D eigenvalue weighted by Gasteiger charge is 2.19. The molecule has 88 valence electrons. The Hall–Kier alpha value is -0.410. The second kappa shape index (κ2) is 7.83. The summed E-state index contributed by atoms with van der Waals surface area (Å²) in [5, 5.41) is 0. The quantitative estimate of drug-likeness (QED) is 0.502. The maximum atomic E-state index is 11.7. The first kappa shape index (κ1) is 12.7. The van der Waals surface area contributed by atoms with Crippen LogP contribution in [0.3, 0.4) is 0 Å². The summed E-state index contributed by atoms with van der Waals surface area (Å²) in [6.45, 7) is 1.36. The molecule has 0 atom stereocenters. The Balaban J connectivity index is 2.14. The fraction of sp³-hybridized carbons (Fsp3) is 0.917. The number of rotatable bonds is 6. The molecule has 0 aromatic heterocycles. The van der Waals surface area contributed by atoms with E-state index in [4.69, 9.17) is 9.47 Å². The van der Waals surface area contributed by atoms with Crippen LogP contribution in [0.15, 0.2) is 0 Å². The van der Waals surface area contributed by atoms with Gasteiger partial charge in [-0.1, -0.05) is 25.7 Å². The molecule has 0 heterocycles. The summed E-state index contributed by atoms with van der Waals surface area (Å²) in [6.07, 6.45) is 7.10. The highest BCUT2D eigenvalue weighted by atomic mass is 16.5. The van der Waals surface area contributed by atoms with Crippen molar-refractivity contribution in [1.82, 2.24) is 0 Å². The smallest absolute Gasteiger partial charge is 0.161 e. The van der Waals surface area contributed by atoms with Crippen LogP contribution in [0.25, 0.3) is 0 Å². The minimum atomic E-state index is 0.259. The first-order valence-electron chi connectivity index (χ1n) is 5.94. The van der Waals surface area contributed by atoms with Crippen LogP contribution in [0.1, 0.15) is 38.5 Å². The number of Topliss-reactive ketones (excluding diaryl/α,β-unsaturated/α-hetero) is 1. The third-order valence-electron chi connectivity index (χ3n) is 2.99. The minimum Gasteiger partial charge on any atom is -0.382 e. The Labute approximate surface area is 92.1 Å². The van der Waals surface area contributed by atoms with E-state index in [1.807, 2.05) is 0 Å². The Bertz CT molecular complexity index is 172. The van der Waals surface area contributed by atoms with Gasteiger partial charge in [0, 0.05) is 13.0 Å². The molecule has 1 saturated carbocycles. The largest absolute Gasteiger partial charge is 0.382 e. The zero-order valence-electron chi connectivity index (χ0n) is 9.67. The summed E-state index contributed by atoms with van der Waals surface area (Å²) in [6, 6.07) is 0. The predicted molar refractivity (Wildman–Crippen MR) is 58.9 cm³/mol. The number of carbonyl (C=O) groups is 1. The van der Waals surface area contributed by atoms with Crippen LogP contribution in [-0.4, -0.2) is 32.7 Å². The second-order valence-electron chi connectivity index (χ2n) is 4.20. The molecule has 0 saturated heterocycles. The van der Waals surface area contributed by atoms with Gasteiger partial charge < -0.3 is 9.47 Å². The van der Waals surface area contributed by atoms with Gasteiger partial charge in [-0.05, 0) is 12.8 Å². The molecule has 0 N–H and O–H groups in total. The minimum absolute atomic E-state index is 0.259. The maximum Gasteiger partial charge on any atom is 0.161 e. The monoisotopic (exact) mass is 214 g/mol. The van der Waals surface area contributed by atoms with Gasteiger partial charge in [0.2, 0.25) is 0 Å². The van der Waals surface area contributed by atoms with Crippen LogP contribution in [-0.2, 0) is 14.3 Å². The van der Waals surface area contributed by atoms with E-state index in [0.29, 0.717) is 13.2 Å².